The standard InChI is InChI=1S/C21H26N2O3/c1-3-26-21(25)12-15-23(16-19-10-13-22-14-11-19)20(24)9-8-18-6-4-17(2)5-7-18/h4-7,10-11,13-14H,3,8-9,12,15-16H2,1-2H3. The number of rotatable bonds is 9. The highest BCUT2D eigenvalue weighted by Gasteiger charge is 2.16. The fourth-order valence-electron chi connectivity index (χ4n) is 2.62. The van der Waals surface area contributed by atoms with Crippen LogP contribution in [0.1, 0.15) is 36.5 Å². The van der Waals surface area contributed by atoms with E-state index in [-0.39, 0.29) is 18.3 Å². The third-order valence-electron chi connectivity index (χ3n) is 4.11. The number of carbonyl (C=O) groups excluding carboxylic acids is 2. The zero-order chi connectivity index (χ0) is 18.8. The van der Waals surface area contributed by atoms with Crippen LogP contribution in [0, 0.1) is 6.92 Å². The molecule has 0 radical (unpaired) electrons. The molecular weight excluding hydrogens is 328 g/mol. The van der Waals surface area contributed by atoms with Crippen LogP contribution >= 0.6 is 0 Å². The van der Waals surface area contributed by atoms with E-state index in [1.165, 1.54) is 5.56 Å². The molecule has 0 fully saturated rings. The minimum Gasteiger partial charge on any atom is -0.466 e. The molecule has 0 spiro atoms. The molecule has 0 aliphatic heterocycles. The quantitative estimate of drug-likeness (QED) is 0.648. The van der Waals surface area contributed by atoms with Gasteiger partial charge in [0.05, 0.1) is 13.0 Å². The van der Waals surface area contributed by atoms with Gasteiger partial charge in [-0.1, -0.05) is 29.8 Å². The lowest BCUT2D eigenvalue weighted by Crippen LogP contribution is -2.33. The van der Waals surface area contributed by atoms with Gasteiger partial charge in [-0.3, -0.25) is 14.6 Å². The predicted octanol–water partition coefficient (Wildman–Crippen LogP) is 3.30. The first-order valence-electron chi connectivity index (χ1n) is 8.96. The average Bonchev–Trinajstić information content (AvgIpc) is 2.65. The summed E-state index contributed by atoms with van der Waals surface area (Å²) in [5.41, 5.74) is 3.33. The number of carbonyl (C=O) groups is 2. The molecule has 5 heteroatoms. The van der Waals surface area contributed by atoms with Gasteiger partial charge in [-0.05, 0) is 43.5 Å². The van der Waals surface area contributed by atoms with Gasteiger partial charge in [0.15, 0.2) is 0 Å². The van der Waals surface area contributed by atoms with Gasteiger partial charge in [0, 0.05) is 31.9 Å². The molecule has 1 aromatic heterocycles. The Morgan fingerprint density at radius 2 is 1.69 bits per heavy atom. The number of amides is 1. The van der Waals surface area contributed by atoms with Crippen molar-refractivity contribution >= 4 is 11.9 Å². The van der Waals surface area contributed by atoms with E-state index in [9.17, 15) is 9.59 Å². The number of benzene rings is 1. The number of nitrogens with zero attached hydrogens (tertiary/aromatic N) is 2. The lowest BCUT2D eigenvalue weighted by molar-refractivity contribution is -0.144. The Morgan fingerprint density at radius 3 is 2.35 bits per heavy atom. The molecule has 5 nitrogen and oxygen atoms in total. The van der Waals surface area contributed by atoms with Crippen LogP contribution in [0.25, 0.3) is 0 Å². The van der Waals surface area contributed by atoms with Crippen LogP contribution in [0.2, 0.25) is 0 Å². The van der Waals surface area contributed by atoms with Crippen LogP contribution < -0.4 is 0 Å². The number of hydrogen-bond donors (Lipinski definition) is 0. The van der Waals surface area contributed by atoms with Crippen LogP contribution in [0.4, 0.5) is 0 Å². The van der Waals surface area contributed by atoms with Gasteiger partial charge in [0.25, 0.3) is 0 Å². The van der Waals surface area contributed by atoms with Crippen molar-refractivity contribution in [2.75, 3.05) is 13.2 Å². The minimum atomic E-state index is -0.279. The van der Waals surface area contributed by atoms with Gasteiger partial charge >= 0.3 is 5.97 Å². The van der Waals surface area contributed by atoms with E-state index in [2.05, 4.69) is 29.2 Å². The van der Waals surface area contributed by atoms with E-state index in [0.29, 0.717) is 32.5 Å². The third kappa shape index (κ3) is 6.67. The minimum absolute atomic E-state index is 0.0340. The Balaban J connectivity index is 1.97. The van der Waals surface area contributed by atoms with Gasteiger partial charge < -0.3 is 9.64 Å². The van der Waals surface area contributed by atoms with E-state index >= 15 is 0 Å². The second-order valence-corrected chi connectivity index (χ2v) is 6.21. The van der Waals surface area contributed by atoms with Crippen LogP contribution in [0.15, 0.2) is 48.8 Å². The summed E-state index contributed by atoms with van der Waals surface area (Å²) < 4.78 is 4.98. The van der Waals surface area contributed by atoms with E-state index < -0.39 is 0 Å². The molecule has 0 atom stereocenters. The monoisotopic (exact) mass is 354 g/mol. The third-order valence-corrected chi connectivity index (χ3v) is 4.11. The van der Waals surface area contributed by atoms with Crippen molar-refractivity contribution in [3.63, 3.8) is 0 Å². The molecule has 26 heavy (non-hydrogen) atoms. The molecule has 1 heterocycles. The van der Waals surface area contributed by atoms with Crippen molar-refractivity contribution in [3.05, 3.63) is 65.5 Å². The average molecular weight is 354 g/mol. The zero-order valence-electron chi connectivity index (χ0n) is 15.5. The van der Waals surface area contributed by atoms with Crippen LogP contribution in [-0.4, -0.2) is 34.9 Å². The second-order valence-electron chi connectivity index (χ2n) is 6.21. The Bertz CT molecular complexity index is 699. The van der Waals surface area contributed by atoms with Gasteiger partial charge in [0.2, 0.25) is 5.91 Å². The fourth-order valence-corrected chi connectivity index (χ4v) is 2.62. The summed E-state index contributed by atoms with van der Waals surface area (Å²) >= 11 is 0. The Morgan fingerprint density at radius 1 is 1.00 bits per heavy atom. The van der Waals surface area contributed by atoms with Crippen molar-refractivity contribution in [1.82, 2.24) is 9.88 Å². The van der Waals surface area contributed by atoms with E-state index in [4.69, 9.17) is 4.74 Å². The summed E-state index contributed by atoms with van der Waals surface area (Å²) in [5, 5.41) is 0. The summed E-state index contributed by atoms with van der Waals surface area (Å²) in [4.78, 5) is 30.1. The van der Waals surface area contributed by atoms with Gasteiger partial charge in [-0.25, -0.2) is 0 Å². The summed E-state index contributed by atoms with van der Waals surface area (Å²) in [6.45, 7) is 4.99. The first kappa shape index (κ1) is 19.6. The van der Waals surface area contributed by atoms with Crippen molar-refractivity contribution in [3.8, 4) is 0 Å². The van der Waals surface area contributed by atoms with Crippen LogP contribution in [0.5, 0.6) is 0 Å². The largest absolute Gasteiger partial charge is 0.466 e. The summed E-state index contributed by atoms with van der Waals surface area (Å²) in [6.07, 6.45) is 4.71. The molecule has 2 aromatic rings. The van der Waals surface area contributed by atoms with E-state index in [1.807, 2.05) is 19.1 Å². The molecular formula is C21H26N2O3. The maximum absolute atomic E-state index is 12.7. The second kappa shape index (κ2) is 10.3. The molecule has 1 amide bonds. The number of aryl methyl sites for hydroxylation is 2. The van der Waals surface area contributed by atoms with Crippen molar-refractivity contribution in [1.29, 1.82) is 0 Å². The first-order valence-corrected chi connectivity index (χ1v) is 8.96. The molecule has 0 aliphatic rings. The van der Waals surface area contributed by atoms with Gasteiger partial charge in [-0.15, -0.1) is 0 Å². The van der Waals surface area contributed by atoms with Crippen LogP contribution in [0.3, 0.4) is 0 Å². The number of aromatic nitrogens is 1. The Hall–Kier alpha value is -2.69. The fraction of sp³-hybridized carbons (Fsp3) is 0.381. The highest BCUT2D eigenvalue weighted by molar-refractivity contribution is 5.77. The molecule has 0 saturated carbocycles. The summed E-state index contributed by atoms with van der Waals surface area (Å²) in [6, 6.07) is 12.0. The Labute approximate surface area is 155 Å². The maximum atomic E-state index is 12.7. The van der Waals surface area contributed by atoms with E-state index in [1.54, 1.807) is 24.2 Å². The molecule has 0 saturated heterocycles. The van der Waals surface area contributed by atoms with Crippen molar-refractivity contribution < 1.29 is 14.3 Å². The Kier molecular flexibility index (Phi) is 7.80. The number of hydrogen-bond acceptors (Lipinski definition) is 4. The molecule has 0 aliphatic carbocycles. The number of esters is 1. The van der Waals surface area contributed by atoms with Crippen molar-refractivity contribution in [2.45, 2.75) is 39.7 Å². The summed E-state index contributed by atoms with van der Waals surface area (Å²) in [7, 11) is 0. The smallest absolute Gasteiger partial charge is 0.307 e. The molecule has 1 aromatic carbocycles. The lowest BCUT2D eigenvalue weighted by Gasteiger charge is -2.22. The SMILES string of the molecule is CCOC(=O)CCN(Cc1ccncc1)C(=O)CCc1ccc(C)cc1. The number of ether oxygens (including phenoxy) is 1. The van der Waals surface area contributed by atoms with Gasteiger partial charge in [0.1, 0.15) is 0 Å². The highest BCUT2D eigenvalue weighted by atomic mass is 16.5. The molecule has 138 valence electrons. The molecule has 0 N–H and O–H groups in total. The summed E-state index contributed by atoms with van der Waals surface area (Å²) in [5.74, 6) is -0.245. The molecule has 0 bridgehead atoms. The highest BCUT2D eigenvalue weighted by Crippen LogP contribution is 2.11. The molecule has 0 unspecified atom stereocenters. The normalized spacial score (nSPS) is 10.4. The first-order chi connectivity index (χ1) is 12.6. The lowest BCUT2D eigenvalue weighted by atomic mass is 10.1. The predicted molar refractivity (Wildman–Crippen MR) is 100 cm³/mol. The van der Waals surface area contributed by atoms with E-state index in [0.717, 1.165) is 11.1 Å². The zero-order valence-corrected chi connectivity index (χ0v) is 15.5. The van der Waals surface area contributed by atoms with Crippen molar-refractivity contribution in [2.24, 2.45) is 0 Å². The topological polar surface area (TPSA) is 59.5 Å². The maximum Gasteiger partial charge on any atom is 0.307 e. The number of pyridine rings is 1. The van der Waals surface area contributed by atoms with Crippen LogP contribution in [-0.2, 0) is 27.3 Å². The van der Waals surface area contributed by atoms with Gasteiger partial charge in [-0.2, -0.15) is 0 Å². The molecule has 2 rings (SSSR count).